The average Bonchev–Trinajstić information content (AvgIpc) is 2.89. The summed E-state index contributed by atoms with van der Waals surface area (Å²) in [4.78, 5) is 13.9. The Morgan fingerprint density at radius 1 is 1.40 bits per heavy atom. The number of likely N-dealkylation sites (tertiary alicyclic amines) is 1. The van der Waals surface area contributed by atoms with Crippen LogP contribution in [0.1, 0.15) is 32.1 Å². The summed E-state index contributed by atoms with van der Waals surface area (Å²) in [6.45, 7) is 0.133. The molecule has 20 heavy (non-hydrogen) atoms. The van der Waals surface area contributed by atoms with Crippen molar-refractivity contribution < 1.29 is 23.1 Å². The molecule has 2 unspecified atom stereocenters. The molecular formula is C13H21F3N2O2. The van der Waals surface area contributed by atoms with Crippen LogP contribution in [0.2, 0.25) is 0 Å². The first-order chi connectivity index (χ1) is 9.42. The Hall–Kier alpha value is -0.820. The van der Waals surface area contributed by atoms with E-state index < -0.39 is 17.5 Å². The molecule has 2 heterocycles. The van der Waals surface area contributed by atoms with Crippen molar-refractivity contribution in [2.75, 3.05) is 26.2 Å². The molecule has 2 rings (SSSR count). The number of halogens is 3. The summed E-state index contributed by atoms with van der Waals surface area (Å²) in [5.41, 5.74) is -2.28. The number of nitrogens with one attached hydrogen (secondary N) is 1. The maximum Gasteiger partial charge on any atom is 0.404 e. The van der Waals surface area contributed by atoms with Crippen molar-refractivity contribution in [2.24, 2.45) is 5.41 Å². The van der Waals surface area contributed by atoms with Gasteiger partial charge in [0.25, 0.3) is 0 Å². The van der Waals surface area contributed by atoms with Gasteiger partial charge in [-0.05, 0) is 38.6 Å². The fraction of sp³-hybridized carbons (Fsp3) is 0.923. The fourth-order valence-electron chi connectivity index (χ4n) is 3.23. The van der Waals surface area contributed by atoms with Crippen LogP contribution in [0.4, 0.5) is 13.2 Å². The zero-order valence-electron chi connectivity index (χ0n) is 11.4. The molecule has 2 N–H and O–H groups in total. The molecule has 2 aliphatic heterocycles. The number of hydrogen-bond acceptors (Lipinski definition) is 3. The van der Waals surface area contributed by atoms with Gasteiger partial charge in [-0.2, -0.15) is 13.2 Å². The van der Waals surface area contributed by atoms with E-state index in [9.17, 15) is 18.0 Å². The normalized spacial score (nSPS) is 31.6. The number of nitrogens with zero attached hydrogens (tertiary/aromatic N) is 1. The highest BCUT2D eigenvalue weighted by Gasteiger charge is 2.62. The summed E-state index contributed by atoms with van der Waals surface area (Å²) < 4.78 is 40.2. The molecule has 2 saturated heterocycles. The van der Waals surface area contributed by atoms with Crippen LogP contribution < -0.4 is 5.32 Å². The Kier molecular flexibility index (Phi) is 4.59. The van der Waals surface area contributed by atoms with Gasteiger partial charge in [-0.3, -0.25) is 4.79 Å². The van der Waals surface area contributed by atoms with Gasteiger partial charge in [0.05, 0.1) is 0 Å². The molecular weight excluding hydrogens is 273 g/mol. The highest BCUT2D eigenvalue weighted by atomic mass is 19.4. The van der Waals surface area contributed by atoms with E-state index in [1.54, 1.807) is 0 Å². The van der Waals surface area contributed by atoms with Gasteiger partial charge in [-0.15, -0.1) is 0 Å². The average molecular weight is 294 g/mol. The molecule has 0 aromatic carbocycles. The molecule has 7 heteroatoms. The molecule has 1 amide bonds. The van der Waals surface area contributed by atoms with Crippen LogP contribution in [0.15, 0.2) is 0 Å². The lowest BCUT2D eigenvalue weighted by molar-refractivity contribution is -0.223. The van der Waals surface area contributed by atoms with Gasteiger partial charge in [0.2, 0.25) is 5.91 Å². The van der Waals surface area contributed by atoms with E-state index in [-0.39, 0.29) is 32.2 Å². The molecule has 0 radical (unpaired) electrons. The van der Waals surface area contributed by atoms with Gasteiger partial charge in [-0.1, -0.05) is 0 Å². The lowest BCUT2D eigenvalue weighted by atomic mass is 9.83. The lowest BCUT2D eigenvalue weighted by Gasteiger charge is -2.41. The van der Waals surface area contributed by atoms with Gasteiger partial charge in [-0.25, -0.2) is 0 Å². The van der Waals surface area contributed by atoms with Gasteiger partial charge in [0, 0.05) is 25.7 Å². The Bertz CT molecular complexity index is 352. The smallest absolute Gasteiger partial charge is 0.396 e. The molecule has 116 valence electrons. The third-order valence-corrected chi connectivity index (χ3v) is 4.46. The maximum absolute atomic E-state index is 13.4. The highest BCUT2D eigenvalue weighted by Crippen LogP contribution is 2.45. The van der Waals surface area contributed by atoms with E-state index in [1.807, 2.05) is 0 Å². The second-order valence-corrected chi connectivity index (χ2v) is 5.67. The number of carbonyl (C=O) groups is 1. The third-order valence-electron chi connectivity index (χ3n) is 4.46. The van der Waals surface area contributed by atoms with Crippen LogP contribution in [-0.4, -0.2) is 54.4 Å². The van der Waals surface area contributed by atoms with Crippen LogP contribution in [-0.2, 0) is 4.79 Å². The van der Waals surface area contributed by atoms with Crippen molar-refractivity contribution in [3.63, 3.8) is 0 Å². The number of amides is 1. The second-order valence-electron chi connectivity index (χ2n) is 5.67. The summed E-state index contributed by atoms with van der Waals surface area (Å²) in [5, 5.41) is 11.7. The van der Waals surface area contributed by atoms with E-state index in [2.05, 4.69) is 5.32 Å². The molecule has 0 aromatic heterocycles. The summed E-state index contributed by atoms with van der Waals surface area (Å²) in [6, 6.07) is -0.263. The SMILES string of the molecule is O=C(N1CCCCC1CCO)C1(C(F)(F)F)CCNC1. The minimum atomic E-state index is -4.53. The zero-order chi connectivity index (χ0) is 14.8. The minimum Gasteiger partial charge on any atom is -0.396 e. The Labute approximate surface area is 116 Å². The quantitative estimate of drug-likeness (QED) is 0.825. The number of carbonyl (C=O) groups excluding carboxylic acids is 1. The third kappa shape index (κ3) is 2.65. The Morgan fingerprint density at radius 3 is 2.70 bits per heavy atom. The Morgan fingerprint density at radius 2 is 2.15 bits per heavy atom. The van der Waals surface area contributed by atoms with Gasteiger partial charge in [0.15, 0.2) is 5.41 Å². The topological polar surface area (TPSA) is 52.6 Å². The number of aliphatic hydroxyl groups excluding tert-OH is 1. The molecule has 0 spiro atoms. The van der Waals surface area contributed by atoms with Crippen molar-refractivity contribution in [3.05, 3.63) is 0 Å². The fourth-order valence-corrected chi connectivity index (χ4v) is 3.23. The minimum absolute atomic E-state index is 0.105. The zero-order valence-corrected chi connectivity index (χ0v) is 11.4. The van der Waals surface area contributed by atoms with Gasteiger partial charge >= 0.3 is 6.18 Å². The van der Waals surface area contributed by atoms with E-state index in [1.165, 1.54) is 4.90 Å². The predicted molar refractivity (Wildman–Crippen MR) is 67.0 cm³/mol. The standard InChI is InChI=1S/C13H21F3N2O2/c14-13(15,16)12(5-6-17-9-12)11(20)18-7-2-1-3-10(18)4-8-19/h10,17,19H,1-9H2. The molecule has 4 nitrogen and oxygen atoms in total. The first-order valence-corrected chi connectivity index (χ1v) is 7.12. The van der Waals surface area contributed by atoms with Crippen molar-refractivity contribution in [1.29, 1.82) is 0 Å². The number of rotatable bonds is 3. The predicted octanol–water partition coefficient (Wildman–Crippen LogP) is 1.29. The van der Waals surface area contributed by atoms with E-state index in [0.717, 1.165) is 12.8 Å². The second kappa shape index (κ2) is 5.89. The van der Waals surface area contributed by atoms with Crippen molar-refractivity contribution >= 4 is 5.91 Å². The van der Waals surface area contributed by atoms with Crippen LogP contribution in [0.5, 0.6) is 0 Å². The van der Waals surface area contributed by atoms with Crippen LogP contribution in [0.3, 0.4) is 0 Å². The molecule has 0 saturated carbocycles. The van der Waals surface area contributed by atoms with Crippen LogP contribution in [0, 0.1) is 5.41 Å². The van der Waals surface area contributed by atoms with Crippen molar-refractivity contribution in [3.8, 4) is 0 Å². The monoisotopic (exact) mass is 294 g/mol. The van der Waals surface area contributed by atoms with Crippen LogP contribution in [0.25, 0.3) is 0 Å². The maximum atomic E-state index is 13.4. The summed E-state index contributed by atoms with van der Waals surface area (Å²) in [5.74, 6) is -0.812. The first-order valence-electron chi connectivity index (χ1n) is 7.12. The number of alkyl halides is 3. The van der Waals surface area contributed by atoms with Gasteiger partial charge < -0.3 is 15.3 Å². The number of piperidine rings is 1. The highest BCUT2D eigenvalue weighted by molar-refractivity contribution is 5.84. The van der Waals surface area contributed by atoms with Gasteiger partial charge in [0.1, 0.15) is 0 Å². The molecule has 0 aliphatic carbocycles. The summed E-state index contributed by atoms with van der Waals surface area (Å²) >= 11 is 0. The summed E-state index contributed by atoms with van der Waals surface area (Å²) in [6.07, 6.45) is -2.08. The molecule has 2 fully saturated rings. The lowest BCUT2D eigenvalue weighted by Crippen LogP contribution is -2.57. The number of hydrogen-bond donors (Lipinski definition) is 2. The first kappa shape index (κ1) is 15.6. The molecule has 0 bridgehead atoms. The summed E-state index contributed by atoms with van der Waals surface area (Å²) in [7, 11) is 0. The Balaban J connectivity index is 2.22. The molecule has 0 aromatic rings. The van der Waals surface area contributed by atoms with Crippen molar-refractivity contribution in [1.82, 2.24) is 10.2 Å². The van der Waals surface area contributed by atoms with Crippen molar-refractivity contribution in [2.45, 2.75) is 44.3 Å². The molecule has 2 atom stereocenters. The van der Waals surface area contributed by atoms with E-state index in [4.69, 9.17) is 5.11 Å². The largest absolute Gasteiger partial charge is 0.404 e. The number of aliphatic hydroxyl groups is 1. The van der Waals surface area contributed by atoms with E-state index >= 15 is 0 Å². The molecule has 2 aliphatic rings. The van der Waals surface area contributed by atoms with Crippen LogP contribution >= 0.6 is 0 Å². The van der Waals surface area contributed by atoms with E-state index in [0.29, 0.717) is 19.4 Å².